The van der Waals surface area contributed by atoms with Crippen LogP contribution in [-0.2, 0) is 13.0 Å². The third-order valence-corrected chi connectivity index (χ3v) is 3.13. The molecule has 0 saturated heterocycles. The van der Waals surface area contributed by atoms with E-state index in [0.717, 1.165) is 37.8 Å². The minimum Gasteiger partial charge on any atom is -0.370 e. The lowest BCUT2D eigenvalue weighted by molar-refractivity contribution is 0.566. The summed E-state index contributed by atoms with van der Waals surface area (Å²) in [5, 5.41) is 6.81. The van der Waals surface area contributed by atoms with Crippen molar-refractivity contribution in [3.8, 4) is 0 Å². The summed E-state index contributed by atoms with van der Waals surface area (Å²) in [5.74, 6) is 1.80. The molecule has 0 saturated carbocycles. The van der Waals surface area contributed by atoms with E-state index in [1.807, 2.05) is 0 Å². The molecule has 0 unspecified atom stereocenters. The van der Waals surface area contributed by atoms with Crippen LogP contribution in [0.2, 0.25) is 0 Å². The topological polar surface area (TPSA) is 49.8 Å². The van der Waals surface area contributed by atoms with Gasteiger partial charge in [0.05, 0.1) is 5.69 Å². The normalized spacial score (nSPS) is 14.8. The molecule has 2 N–H and O–H groups in total. The zero-order valence-electron chi connectivity index (χ0n) is 10.8. The van der Waals surface area contributed by atoms with E-state index in [1.165, 1.54) is 24.1 Å². The van der Waals surface area contributed by atoms with Crippen LogP contribution in [0.25, 0.3) is 0 Å². The average molecular weight is 234 g/mol. The molecule has 17 heavy (non-hydrogen) atoms. The lowest BCUT2D eigenvalue weighted by atomic mass is 10.1. The van der Waals surface area contributed by atoms with E-state index in [2.05, 4.69) is 34.4 Å². The van der Waals surface area contributed by atoms with Gasteiger partial charge in [0.1, 0.15) is 12.1 Å². The fourth-order valence-electron chi connectivity index (χ4n) is 2.14. The molecule has 1 aliphatic heterocycles. The van der Waals surface area contributed by atoms with Gasteiger partial charge in [0.2, 0.25) is 0 Å². The van der Waals surface area contributed by atoms with Crippen LogP contribution in [0.4, 0.5) is 5.82 Å². The Morgan fingerprint density at radius 1 is 1.41 bits per heavy atom. The quantitative estimate of drug-likeness (QED) is 0.765. The van der Waals surface area contributed by atoms with E-state index in [1.54, 1.807) is 6.33 Å². The zero-order valence-corrected chi connectivity index (χ0v) is 10.8. The van der Waals surface area contributed by atoms with Crippen LogP contribution in [0.3, 0.4) is 0 Å². The summed E-state index contributed by atoms with van der Waals surface area (Å²) in [6.45, 7) is 7.44. The van der Waals surface area contributed by atoms with Gasteiger partial charge < -0.3 is 10.6 Å². The predicted molar refractivity (Wildman–Crippen MR) is 70.0 cm³/mol. The van der Waals surface area contributed by atoms with Gasteiger partial charge in [-0.3, -0.25) is 0 Å². The fraction of sp³-hybridized carbons (Fsp3) is 0.692. The Labute approximate surface area is 103 Å². The van der Waals surface area contributed by atoms with Crippen LogP contribution in [0.5, 0.6) is 0 Å². The zero-order chi connectivity index (χ0) is 12.1. The summed E-state index contributed by atoms with van der Waals surface area (Å²) in [7, 11) is 0. The maximum absolute atomic E-state index is 4.35. The summed E-state index contributed by atoms with van der Waals surface area (Å²) < 4.78 is 0. The number of hydrogen-bond acceptors (Lipinski definition) is 4. The highest BCUT2D eigenvalue weighted by Gasteiger charge is 2.14. The van der Waals surface area contributed by atoms with E-state index < -0.39 is 0 Å². The van der Waals surface area contributed by atoms with Crippen LogP contribution in [0.15, 0.2) is 6.33 Å². The van der Waals surface area contributed by atoms with E-state index in [-0.39, 0.29) is 0 Å². The number of hydrogen-bond donors (Lipinski definition) is 2. The maximum atomic E-state index is 4.35. The smallest absolute Gasteiger partial charge is 0.134 e. The van der Waals surface area contributed by atoms with Gasteiger partial charge in [-0.05, 0) is 18.8 Å². The van der Waals surface area contributed by atoms with E-state index >= 15 is 0 Å². The molecule has 2 heterocycles. The van der Waals surface area contributed by atoms with Gasteiger partial charge in [-0.2, -0.15) is 0 Å². The number of fused-ring (bicyclic) bond motifs is 1. The molecule has 1 aromatic rings. The Morgan fingerprint density at radius 2 is 2.29 bits per heavy atom. The first-order valence-electron chi connectivity index (χ1n) is 6.54. The SMILES string of the molecule is CC(C)CCCNc1ncnc2c1CNCC2. The summed E-state index contributed by atoms with van der Waals surface area (Å²) in [4.78, 5) is 8.69. The minimum atomic E-state index is 0.776. The Bertz CT molecular complexity index is 362. The average Bonchev–Trinajstić information content (AvgIpc) is 2.34. The summed E-state index contributed by atoms with van der Waals surface area (Å²) >= 11 is 0. The van der Waals surface area contributed by atoms with Crippen LogP contribution < -0.4 is 10.6 Å². The number of anilines is 1. The molecule has 0 spiro atoms. The molecule has 4 nitrogen and oxygen atoms in total. The first kappa shape index (κ1) is 12.3. The number of nitrogens with zero attached hydrogens (tertiary/aromatic N) is 2. The molecule has 0 fully saturated rings. The van der Waals surface area contributed by atoms with E-state index in [4.69, 9.17) is 0 Å². The second kappa shape index (κ2) is 5.96. The largest absolute Gasteiger partial charge is 0.370 e. The van der Waals surface area contributed by atoms with Crippen molar-refractivity contribution in [2.45, 2.75) is 39.7 Å². The molecular weight excluding hydrogens is 212 g/mol. The first-order chi connectivity index (χ1) is 8.27. The van der Waals surface area contributed by atoms with Crippen molar-refractivity contribution in [1.29, 1.82) is 0 Å². The number of aromatic nitrogens is 2. The first-order valence-corrected chi connectivity index (χ1v) is 6.54. The van der Waals surface area contributed by atoms with Gasteiger partial charge >= 0.3 is 0 Å². The maximum Gasteiger partial charge on any atom is 0.134 e. The van der Waals surface area contributed by atoms with Crippen LogP contribution >= 0.6 is 0 Å². The van der Waals surface area contributed by atoms with Gasteiger partial charge in [-0.25, -0.2) is 9.97 Å². The predicted octanol–water partition coefficient (Wildman–Crippen LogP) is 1.97. The van der Waals surface area contributed by atoms with E-state index in [0.29, 0.717) is 0 Å². The lowest BCUT2D eigenvalue weighted by Crippen LogP contribution is -2.26. The third-order valence-electron chi connectivity index (χ3n) is 3.13. The van der Waals surface area contributed by atoms with Gasteiger partial charge in [0, 0.05) is 31.6 Å². The standard InChI is InChI=1S/C13H22N4/c1-10(2)4-3-6-15-13-11-8-14-7-5-12(11)16-9-17-13/h9-10,14H,3-8H2,1-2H3,(H,15,16,17). The van der Waals surface area contributed by atoms with Crippen LogP contribution in [-0.4, -0.2) is 23.1 Å². The van der Waals surface area contributed by atoms with Crippen LogP contribution in [0.1, 0.15) is 37.9 Å². The Kier molecular flexibility index (Phi) is 4.31. The molecule has 2 rings (SSSR count). The van der Waals surface area contributed by atoms with Crippen molar-refractivity contribution in [2.75, 3.05) is 18.4 Å². The molecule has 0 aliphatic carbocycles. The highest BCUT2D eigenvalue weighted by molar-refractivity contribution is 5.46. The van der Waals surface area contributed by atoms with Gasteiger partial charge in [-0.15, -0.1) is 0 Å². The highest BCUT2D eigenvalue weighted by atomic mass is 15.0. The van der Waals surface area contributed by atoms with Crippen molar-refractivity contribution >= 4 is 5.82 Å². The van der Waals surface area contributed by atoms with Crippen molar-refractivity contribution in [3.63, 3.8) is 0 Å². The van der Waals surface area contributed by atoms with Gasteiger partial charge in [0.15, 0.2) is 0 Å². The summed E-state index contributed by atoms with van der Waals surface area (Å²) in [6.07, 6.45) is 5.15. The van der Waals surface area contributed by atoms with Crippen molar-refractivity contribution < 1.29 is 0 Å². The number of nitrogens with one attached hydrogen (secondary N) is 2. The molecule has 94 valence electrons. The molecular formula is C13H22N4. The molecule has 0 atom stereocenters. The van der Waals surface area contributed by atoms with E-state index in [9.17, 15) is 0 Å². The van der Waals surface area contributed by atoms with Gasteiger partial charge in [0.25, 0.3) is 0 Å². The Morgan fingerprint density at radius 3 is 3.12 bits per heavy atom. The van der Waals surface area contributed by atoms with Crippen molar-refractivity contribution in [3.05, 3.63) is 17.6 Å². The lowest BCUT2D eigenvalue weighted by Gasteiger charge is -2.19. The molecule has 0 radical (unpaired) electrons. The Hall–Kier alpha value is -1.16. The number of rotatable bonds is 5. The molecule has 1 aliphatic rings. The van der Waals surface area contributed by atoms with Crippen LogP contribution in [0, 0.1) is 5.92 Å². The Balaban J connectivity index is 1.92. The second-order valence-electron chi connectivity index (χ2n) is 5.04. The molecule has 4 heteroatoms. The molecule has 1 aromatic heterocycles. The van der Waals surface area contributed by atoms with Crippen molar-refractivity contribution in [1.82, 2.24) is 15.3 Å². The fourth-order valence-corrected chi connectivity index (χ4v) is 2.14. The molecule has 0 bridgehead atoms. The summed E-state index contributed by atoms with van der Waals surface area (Å²) in [5.41, 5.74) is 2.45. The third kappa shape index (κ3) is 3.40. The van der Waals surface area contributed by atoms with Gasteiger partial charge in [-0.1, -0.05) is 13.8 Å². The minimum absolute atomic E-state index is 0.776. The highest BCUT2D eigenvalue weighted by Crippen LogP contribution is 2.18. The molecule has 0 amide bonds. The summed E-state index contributed by atoms with van der Waals surface area (Å²) in [6, 6.07) is 0. The second-order valence-corrected chi connectivity index (χ2v) is 5.04. The monoisotopic (exact) mass is 234 g/mol. The van der Waals surface area contributed by atoms with Crippen molar-refractivity contribution in [2.24, 2.45) is 5.92 Å². The molecule has 0 aromatic carbocycles.